The van der Waals surface area contributed by atoms with Gasteiger partial charge in [-0.25, -0.2) is 0 Å². The van der Waals surface area contributed by atoms with E-state index in [0.29, 0.717) is 26.4 Å². The standard InChI is InChI=1S/C22H21AsO3/c1-2-8-18(9-3-1)23-19-10-4-6-12-21(19)25-16-14-24-15-17-26-22-13-7-5-11-20(22)23/h1-13H,14-17H2. The molecule has 0 saturated carbocycles. The van der Waals surface area contributed by atoms with Crippen LogP contribution in [0.3, 0.4) is 0 Å². The molecule has 3 aromatic carbocycles. The van der Waals surface area contributed by atoms with Crippen molar-refractivity contribution < 1.29 is 14.2 Å². The number of para-hydroxylation sites is 2. The van der Waals surface area contributed by atoms with Crippen molar-refractivity contribution in [2.75, 3.05) is 26.4 Å². The van der Waals surface area contributed by atoms with Crippen LogP contribution in [0, 0.1) is 0 Å². The van der Waals surface area contributed by atoms with E-state index in [9.17, 15) is 0 Å². The van der Waals surface area contributed by atoms with Gasteiger partial charge in [-0.1, -0.05) is 0 Å². The Kier molecular flexibility index (Phi) is 5.58. The Hall–Kier alpha value is -2.22. The van der Waals surface area contributed by atoms with Gasteiger partial charge >= 0.3 is 159 Å². The van der Waals surface area contributed by atoms with E-state index in [0.717, 1.165) is 11.5 Å². The first-order valence-electron chi connectivity index (χ1n) is 8.80. The Bertz CT molecular complexity index is 799. The molecule has 0 N–H and O–H groups in total. The van der Waals surface area contributed by atoms with Crippen molar-refractivity contribution in [3.63, 3.8) is 0 Å². The molecular weight excluding hydrogens is 387 g/mol. The molecule has 0 saturated heterocycles. The first-order valence-corrected chi connectivity index (χ1v) is 11.6. The fraction of sp³-hybridized carbons (Fsp3) is 0.182. The Morgan fingerprint density at radius 3 is 1.62 bits per heavy atom. The zero-order valence-electron chi connectivity index (χ0n) is 14.5. The van der Waals surface area contributed by atoms with Crippen LogP contribution in [-0.4, -0.2) is 41.1 Å². The van der Waals surface area contributed by atoms with Gasteiger partial charge in [0.15, 0.2) is 0 Å². The second-order valence-electron chi connectivity index (χ2n) is 5.92. The van der Waals surface area contributed by atoms with Gasteiger partial charge in [-0.3, -0.25) is 0 Å². The van der Waals surface area contributed by atoms with E-state index in [4.69, 9.17) is 14.2 Å². The molecule has 0 atom stereocenters. The van der Waals surface area contributed by atoms with Gasteiger partial charge in [-0.15, -0.1) is 0 Å². The average Bonchev–Trinajstić information content (AvgIpc) is 2.69. The van der Waals surface area contributed by atoms with E-state index in [-0.39, 0.29) is 0 Å². The molecule has 26 heavy (non-hydrogen) atoms. The van der Waals surface area contributed by atoms with Crippen LogP contribution >= 0.6 is 0 Å². The summed E-state index contributed by atoms with van der Waals surface area (Å²) in [5.41, 5.74) is 0. The summed E-state index contributed by atoms with van der Waals surface area (Å²) >= 11 is -1.82. The quantitative estimate of drug-likeness (QED) is 0.577. The second-order valence-corrected chi connectivity index (χ2v) is 10.4. The molecule has 3 nitrogen and oxygen atoms in total. The van der Waals surface area contributed by atoms with Crippen molar-refractivity contribution in [1.29, 1.82) is 0 Å². The third-order valence-corrected chi connectivity index (χ3v) is 9.48. The van der Waals surface area contributed by atoms with Gasteiger partial charge in [-0.2, -0.15) is 0 Å². The maximum atomic E-state index is 6.10. The average molecular weight is 408 g/mol. The van der Waals surface area contributed by atoms with Crippen molar-refractivity contribution in [2.24, 2.45) is 0 Å². The first-order chi connectivity index (χ1) is 12.9. The summed E-state index contributed by atoms with van der Waals surface area (Å²) in [7, 11) is 0. The van der Waals surface area contributed by atoms with Crippen molar-refractivity contribution in [3.05, 3.63) is 78.9 Å². The van der Waals surface area contributed by atoms with E-state index in [1.807, 2.05) is 12.1 Å². The molecule has 1 aliphatic rings. The van der Waals surface area contributed by atoms with Gasteiger partial charge in [0.2, 0.25) is 0 Å². The fourth-order valence-electron chi connectivity index (χ4n) is 3.04. The topological polar surface area (TPSA) is 27.7 Å². The summed E-state index contributed by atoms with van der Waals surface area (Å²) in [5, 5.41) is 0. The van der Waals surface area contributed by atoms with Crippen LogP contribution in [0.1, 0.15) is 0 Å². The predicted molar refractivity (Wildman–Crippen MR) is 106 cm³/mol. The van der Waals surface area contributed by atoms with E-state index in [1.165, 1.54) is 13.1 Å². The van der Waals surface area contributed by atoms with Crippen LogP contribution < -0.4 is 22.5 Å². The Morgan fingerprint density at radius 2 is 1.04 bits per heavy atom. The molecule has 132 valence electrons. The van der Waals surface area contributed by atoms with E-state index >= 15 is 0 Å². The molecule has 4 heteroatoms. The Labute approximate surface area is 158 Å². The molecule has 0 fully saturated rings. The number of hydrogen-bond donors (Lipinski definition) is 0. The van der Waals surface area contributed by atoms with Gasteiger partial charge in [0.05, 0.1) is 0 Å². The summed E-state index contributed by atoms with van der Waals surface area (Å²) < 4.78 is 21.7. The molecule has 0 spiro atoms. The monoisotopic (exact) mass is 408 g/mol. The van der Waals surface area contributed by atoms with Crippen LogP contribution in [0.15, 0.2) is 78.9 Å². The SMILES string of the molecule is c1ccc([As]2c3ccccc3OCCOCCOc3ccccc32)cc1. The van der Waals surface area contributed by atoms with Crippen LogP contribution in [0.4, 0.5) is 0 Å². The van der Waals surface area contributed by atoms with Crippen LogP contribution in [0.5, 0.6) is 11.5 Å². The zero-order chi connectivity index (χ0) is 17.6. The van der Waals surface area contributed by atoms with Gasteiger partial charge in [-0.05, 0) is 0 Å². The Morgan fingerprint density at radius 1 is 0.538 bits per heavy atom. The van der Waals surface area contributed by atoms with Crippen LogP contribution in [-0.2, 0) is 4.74 Å². The van der Waals surface area contributed by atoms with Crippen LogP contribution in [0.25, 0.3) is 0 Å². The minimum atomic E-state index is -1.82. The van der Waals surface area contributed by atoms with E-state index < -0.39 is 14.7 Å². The van der Waals surface area contributed by atoms with E-state index in [2.05, 4.69) is 66.7 Å². The van der Waals surface area contributed by atoms with Crippen molar-refractivity contribution in [3.8, 4) is 11.5 Å². The minimum absolute atomic E-state index is 0.551. The third kappa shape index (κ3) is 3.79. The summed E-state index contributed by atoms with van der Waals surface area (Å²) in [4.78, 5) is 0. The third-order valence-electron chi connectivity index (χ3n) is 4.20. The number of rotatable bonds is 1. The molecule has 1 heterocycles. The fourth-order valence-corrected chi connectivity index (χ4v) is 8.23. The maximum absolute atomic E-state index is 6.10. The molecule has 0 bridgehead atoms. The van der Waals surface area contributed by atoms with Crippen molar-refractivity contribution >= 4 is 27.7 Å². The summed E-state index contributed by atoms with van der Waals surface area (Å²) in [6, 6.07) is 27.5. The van der Waals surface area contributed by atoms with Crippen LogP contribution in [0.2, 0.25) is 0 Å². The molecule has 4 rings (SSSR count). The first kappa shape index (κ1) is 17.2. The molecule has 3 aromatic rings. The number of hydrogen-bond acceptors (Lipinski definition) is 3. The van der Waals surface area contributed by atoms with Crippen molar-refractivity contribution in [1.82, 2.24) is 0 Å². The second kappa shape index (κ2) is 8.44. The van der Waals surface area contributed by atoms with E-state index in [1.54, 1.807) is 0 Å². The Balaban J connectivity index is 1.89. The van der Waals surface area contributed by atoms with Crippen molar-refractivity contribution in [2.45, 2.75) is 0 Å². The molecular formula is C22H21AsO3. The molecule has 0 amide bonds. The molecule has 0 unspecified atom stereocenters. The van der Waals surface area contributed by atoms with Gasteiger partial charge in [0.25, 0.3) is 0 Å². The molecule has 1 aliphatic heterocycles. The summed E-state index contributed by atoms with van der Waals surface area (Å²) in [6.45, 7) is 2.24. The number of benzene rings is 3. The number of ether oxygens (including phenoxy) is 3. The normalized spacial score (nSPS) is 15.4. The predicted octanol–water partition coefficient (Wildman–Crippen LogP) is 1.99. The summed E-state index contributed by atoms with van der Waals surface area (Å²) in [6.07, 6.45) is 0. The molecule has 0 radical (unpaired) electrons. The van der Waals surface area contributed by atoms with Gasteiger partial charge in [0, 0.05) is 0 Å². The number of fused-ring (bicyclic) bond motifs is 2. The molecule has 0 aromatic heterocycles. The van der Waals surface area contributed by atoms with Gasteiger partial charge in [0.1, 0.15) is 0 Å². The molecule has 0 aliphatic carbocycles. The summed E-state index contributed by atoms with van der Waals surface area (Å²) in [5.74, 6) is 1.91. The zero-order valence-corrected chi connectivity index (χ0v) is 16.4. The van der Waals surface area contributed by atoms with Gasteiger partial charge < -0.3 is 0 Å².